The van der Waals surface area contributed by atoms with E-state index >= 15 is 0 Å². The summed E-state index contributed by atoms with van der Waals surface area (Å²) in [5.74, 6) is -1.22. The van der Waals surface area contributed by atoms with Crippen LogP contribution in [0.1, 0.15) is 18.4 Å². The molecule has 0 aliphatic heterocycles. The van der Waals surface area contributed by atoms with Crippen molar-refractivity contribution in [1.29, 1.82) is 0 Å². The number of anilines is 1. The molecular weight excluding hydrogens is 412 g/mol. The lowest BCUT2D eigenvalue weighted by atomic mass is 10.2. The van der Waals surface area contributed by atoms with Crippen molar-refractivity contribution in [2.75, 3.05) is 5.32 Å². The highest BCUT2D eigenvalue weighted by atomic mass is 35.5. The summed E-state index contributed by atoms with van der Waals surface area (Å²) in [6.07, 6.45) is 2.77. The third-order valence-corrected chi connectivity index (χ3v) is 4.06. The number of carbonyl (C=O) groups excluding carboxylic acids is 3. The third kappa shape index (κ3) is 8.54. The van der Waals surface area contributed by atoms with E-state index in [-0.39, 0.29) is 23.9 Å². The molecule has 0 spiro atoms. The van der Waals surface area contributed by atoms with Gasteiger partial charge in [0.05, 0.1) is 0 Å². The molecule has 9 heteroatoms. The Morgan fingerprint density at radius 1 is 0.897 bits per heavy atom. The Kier molecular flexibility index (Phi) is 8.81. The fraction of sp³-hybridized carbons (Fsp3) is 0.100. The Balaban J connectivity index is 1.66. The van der Waals surface area contributed by atoms with Crippen LogP contribution in [0, 0.1) is 0 Å². The average molecular weight is 431 g/mol. The van der Waals surface area contributed by atoms with Gasteiger partial charge < -0.3 is 5.32 Å². The van der Waals surface area contributed by atoms with Crippen LogP contribution in [0.4, 0.5) is 5.69 Å². The molecule has 4 N–H and O–H groups in total. The lowest BCUT2D eigenvalue weighted by Crippen LogP contribution is -2.48. The average Bonchev–Trinajstić information content (AvgIpc) is 2.71. The summed E-state index contributed by atoms with van der Waals surface area (Å²) in [4.78, 5) is 35.4. The number of nitrogens with one attached hydrogen (secondary N) is 4. The molecule has 7 nitrogen and oxygen atoms in total. The summed E-state index contributed by atoms with van der Waals surface area (Å²) in [6.45, 7) is 0. The fourth-order valence-corrected chi connectivity index (χ4v) is 2.47. The normalized spacial score (nSPS) is 10.2. The monoisotopic (exact) mass is 430 g/mol. The molecule has 2 aromatic rings. The highest BCUT2D eigenvalue weighted by Gasteiger charge is 2.08. The molecule has 2 aromatic carbocycles. The van der Waals surface area contributed by atoms with E-state index in [4.69, 9.17) is 23.8 Å². The zero-order valence-corrected chi connectivity index (χ0v) is 16.8. The third-order valence-electron chi connectivity index (χ3n) is 3.51. The molecule has 0 atom stereocenters. The first-order valence-corrected chi connectivity index (χ1v) is 9.40. The summed E-state index contributed by atoms with van der Waals surface area (Å²) >= 11 is 10.9. The molecule has 0 heterocycles. The summed E-state index contributed by atoms with van der Waals surface area (Å²) in [7, 11) is 0. The first-order valence-electron chi connectivity index (χ1n) is 8.61. The van der Waals surface area contributed by atoms with Gasteiger partial charge in [0.2, 0.25) is 17.7 Å². The number of benzene rings is 2. The van der Waals surface area contributed by atoms with Gasteiger partial charge in [-0.15, -0.1) is 0 Å². The van der Waals surface area contributed by atoms with Crippen LogP contribution < -0.4 is 21.5 Å². The standard InChI is InChI=1S/C20H19ClN4O3S/c21-16-9-5-4-6-14(16)10-11-18(27)23-20(29)25-24-19(28)13-12-17(26)22-15-7-2-1-3-8-15/h1-11H,12-13H2,(H,22,26)(H,24,28)(H2,23,25,27,29). The maximum Gasteiger partial charge on any atom is 0.250 e. The van der Waals surface area contributed by atoms with Gasteiger partial charge in [-0.1, -0.05) is 48.0 Å². The van der Waals surface area contributed by atoms with Gasteiger partial charge in [-0.05, 0) is 42.1 Å². The summed E-state index contributed by atoms with van der Waals surface area (Å²) in [6, 6.07) is 16.0. The largest absolute Gasteiger partial charge is 0.326 e. The van der Waals surface area contributed by atoms with Crippen LogP contribution in [0.25, 0.3) is 6.08 Å². The first kappa shape index (κ1) is 22.1. The minimum absolute atomic E-state index is 0.00208. The highest BCUT2D eigenvalue weighted by Crippen LogP contribution is 2.15. The van der Waals surface area contributed by atoms with Crippen molar-refractivity contribution in [3.63, 3.8) is 0 Å². The molecule has 0 aliphatic carbocycles. The second kappa shape index (κ2) is 11.6. The van der Waals surface area contributed by atoms with Crippen molar-refractivity contribution in [2.45, 2.75) is 12.8 Å². The topological polar surface area (TPSA) is 99.3 Å². The Hall–Kier alpha value is -3.23. The molecule has 3 amide bonds. The first-order chi connectivity index (χ1) is 13.9. The number of amides is 3. The molecule has 0 saturated carbocycles. The van der Waals surface area contributed by atoms with Crippen molar-refractivity contribution in [3.8, 4) is 0 Å². The number of rotatable bonds is 6. The lowest BCUT2D eigenvalue weighted by molar-refractivity contribution is -0.124. The molecule has 0 saturated heterocycles. The zero-order valence-electron chi connectivity index (χ0n) is 15.3. The Morgan fingerprint density at radius 3 is 2.28 bits per heavy atom. The number of thiocarbonyl (C=S) groups is 1. The molecule has 2 rings (SSSR count). The van der Waals surface area contributed by atoms with E-state index in [1.54, 1.807) is 54.6 Å². The van der Waals surface area contributed by atoms with E-state index in [1.807, 2.05) is 6.07 Å². The van der Waals surface area contributed by atoms with Crippen LogP contribution >= 0.6 is 23.8 Å². The van der Waals surface area contributed by atoms with Gasteiger partial charge in [-0.2, -0.15) is 0 Å². The smallest absolute Gasteiger partial charge is 0.250 e. The van der Waals surface area contributed by atoms with Crippen LogP contribution in [-0.2, 0) is 14.4 Å². The predicted octanol–water partition coefficient (Wildman–Crippen LogP) is 2.79. The van der Waals surface area contributed by atoms with Gasteiger partial charge in [-0.25, -0.2) is 0 Å². The van der Waals surface area contributed by atoms with Crippen molar-refractivity contribution in [2.24, 2.45) is 0 Å². The predicted molar refractivity (Wildman–Crippen MR) is 117 cm³/mol. The molecule has 0 aromatic heterocycles. The number of hydrogen-bond acceptors (Lipinski definition) is 4. The van der Waals surface area contributed by atoms with Crippen LogP contribution in [0.15, 0.2) is 60.7 Å². The zero-order chi connectivity index (χ0) is 21.1. The summed E-state index contributed by atoms with van der Waals surface area (Å²) < 4.78 is 0. The molecule has 0 radical (unpaired) electrons. The maximum absolute atomic E-state index is 11.8. The second-order valence-corrected chi connectivity index (χ2v) is 6.58. The quantitative estimate of drug-likeness (QED) is 0.321. The van der Waals surface area contributed by atoms with E-state index in [2.05, 4.69) is 21.5 Å². The molecule has 0 bridgehead atoms. The maximum atomic E-state index is 11.8. The second-order valence-electron chi connectivity index (χ2n) is 5.76. The van der Waals surface area contributed by atoms with Crippen molar-refractivity contribution in [1.82, 2.24) is 16.2 Å². The van der Waals surface area contributed by atoms with Gasteiger partial charge in [0.25, 0.3) is 0 Å². The van der Waals surface area contributed by atoms with E-state index in [1.165, 1.54) is 6.08 Å². The number of carbonyl (C=O) groups is 3. The van der Waals surface area contributed by atoms with E-state index in [0.717, 1.165) is 0 Å². The van der Waals surface area contributed by atoms with Gasteiger partial charge >= 0.3 is 0 Å². The van der Waals surface area contributed by atoms with E-state index in [0.29, 0.717) is 16.3 Å². The summed E-state index contributed by atoms with van der Waals surface area (Å²) in [5, 5.41) is 5.49. The number of halogens is 1. The van der Waals surface area contributed by atoms with E-state index < -0.39 is 11.8 Å². The SMILES string of the molecule is O=C(C=Cc1ccccc1Cl)NC(=S)NNC(=O)CCC(=O)Nc1ccccc1. The van der Waals surface area contributed by atoms with Gasteiger partial charge in [-0.3, -0.25) is 30.6 Å². The number of para-hydroxylation sites is 1. The number of hydrazine groups is 1. The lowest BCUT2D eigenvalue weighted by Gasteiger charge is -2.10. The Bertz CT molecular complexity index is 919. The summed E-state index contributed by atoms with van der Waals surface area (Å²) in [5.41, 5.74) is 6.07. The molecule has 0 fully saturated rings. The van der Waals surface area contributed by atoms with Crippen LogP contribution in [0.2, 0.25) is 5.02 Å². The van der Waals surface area contributed by atoms with E-state index in [9.17, 15) is 14.4 Å². The van der Waals surface area contributed by atoms with Crippen LogP contribution in [-0.4, -0.2) is 22.8 Å². The highest BCUT2D eigenvalue weighted by molar-refractivity contribution is 7.80. The van der Waals surface area contributed by atoms with Crippen molar-refractivity contribution in [3.05, 3.63) is 71.3 Å². The Labute approximate surface area is 178 Å². The Morgan fingerprint density at radius 2 is 1.55 bits per heavy atom. The van der Waals surface area contributed by atoms with Gasteiger partial charge in [0, 0.05) is 29.6 Å². The van der Waals surface area contributed by atoms with Crippen LogP contribution in [0.5, 0.6) is 0 Å². The molecule has 0 aliphatic rings. The molecular formula is C20H19ClN4O3S. The molecule has 150 valence electrons. The van der Waals surface area contributed by atoms with Crippen molar-refractivity contribution >= 4 is 58.4 Å². The minimum atomic E-state index is -0.487. The molecule has 29 heavy (non-hydrogen) atoms. The number of hydrogen-bond donors (Lipinski definition) is 4. The fourth-order valence-electron chi connectivity index (χ4n) is 2.12. The van der Waals surface area contributed by atoms with Gasteiger partial charge in [0.15, 0.2) is 5.11 Å². The van der Waals surface area contributed by atoms with Crippen LogP contribution in [0.3, 0.4) is 0 Å². The van der Waals surface area contributed by atoms with Crippen molar-refractivity contribution < 1.29 is 14.4 Å². The molecule has 0 unspecified atom stereocenters. The minimum Gasteiger partial charge on any atom is -0.326 e. The van der Waals surface area contributed by atoms with Gasteiger partial charge in [0.1, 0.15) is 0 Å².